The van der Waals surface area contributed by atoms with E-state index >= 15 is 0 Å². The zero-order valence-electron chi connectivity index (χ0n) is 11.6. The van der Waals surface area contributed by atoms with Crippen molar-refractivity contribution in [1.82, 2.24) is 5.32 Å². The number of aliphatic hydroxyl groups excluding tert-OH is 1. The number of rotatable bonds is 7. The molecule has 3 heteroatoms. The van der Waals surface area contributed by atoms with E-state index in [9.17, 15) is 5.11 Å². The maximum Gasteiger partial charge on any atom is 0.0897 e. The summed E-state index contributed by atoms with van der Waals surface area (Å²) in [7, 11) is 0. The molecule has 0 saturated heterocycles. The Bertz CT molecular complexity index is 336. The molecule has 1 aromatic carbocycles. The molecule has 2 rings (SSSR count). The monoisotopic (exact) mass is 263 g/mol. The van der Waals surface area contributed by atoms with Gasteiger partial charge < -0.3 is 15.2 Å². The number of benzene rings is 1. The van der Waals surface area contributed by atoms with E-state index in [-0.39, 0.29) is 0 Å². The Morgan fingerprint density at radius 2 is 1.89 bits per heavy atom. The average Bonchev–Trinajstić information content (AvgIpc) is 2.47. The molecular weight excluding hydrogens is 238 g/mol. The van der Waals surface area contributed by atoms with Gasteiger partial charge in [0.25, 0.3) is 0 Å². The number of aliphatic hydroxyl groups is 1. The van der Waals surface area contributed by atoms with Gasteiger partial charge in [0.2, 0.25) is 0 Å². The highest BCUT2D eigenvalue weighted by Crippen LogP contribution is 2.20. The second-order valence-corrected chi connectivity index (χ2v) is 5.36. The van der Waals surface area contributed by atoms with Crippen LogP contribution in [0.2, 0.25) is 0 Å². The van der Waals surface area contributed by atoms with Gasteiger partial charge in [-0.3, -0.25) is 0 Å². The van der Waals surface area contributed by atoms with Crippen molar-refractivity contribution in [3.63, 3.8) is 0 Å². The minimum atomic E-state index is -0.411. The maximum absolute atomic E-state index is 9.87. The topological polar surface area (TPSA) is 41.5 Å². The van der Waals surface area contributed by atoms with Gasteiger partial charge in [-0.1, -0.05) is 49.6 Å². The highest BCUT2D eigenvalue weighted by molar-refractivity contribution is 5.14. The van der Waals surface area contributed by atoms with Gasteiger partial charge in [0.1, 0.15) is 0 Å². The molecule has 1 aromatic rings. The van der Waals surface area contributed by atoms with Crippen molar-refractivity contribution >= 4 is 0 Å². The van der Waals surface area contributed by atoms with Crippen molar-refractivity contribution in [3.05, 3.63) is 35.9 Å². The van der Waals surface area contributed by atoms with E-state index in [2.05, 4.69) is 17.4 Å². The Labute approximate surface area is 116 Å². The summed E-state index contributed by atoms with van der Waals surface area (Å²) in [6.07, 6.45) is 6.15. The summed E-state index contributed by atoms with van der Waals surface area (Å²) in [6, 6.07) is 10.2. The van der Waals surface area contributed by atoms with Crippen molar-refractivity contribution < 1.29 is 9.84 Å². The van der Waals surface area contributed by atoms with Gasteiger partial charge in [0.15, 0.2) is 0 Å². The normalized spacial score (nSPS) is 18.4. The predicted octanol–water partition coefficient (Wildman–Crippen LogP) is 2.49. The molecule has 19 heavy (non-hydrogen) atoms. The molecule has 0 bridgehead atoms. The fourth-order valence-electron chi connectivity index (χ4n) is 2.52. The molecule has 106 valence electrons. The van der Waals surface area contributed by atoms with Gasteiger partial charge in [0.05, 0.1) is 18.8 Å². The van der Waals surface area contributed by atoms with Crippen LogP contribution < -0.4 is 5.32 Å². The Balaban J connectivity index is 1.55. The molecule has 1 aliphatic carbocycles. The van der Waals surface area contributed by atoms with Gasteiger partial charge in [-0.05, 0) is 18.4 Å². The lowest BCUT2D eigenvalue weighted by Gasteiger charge is -2.23. The first kappa shape index (κ1) is 14.5. The molecule has 1 unspecified atom stereocenters. The first-order valence-corrected chi connectivity index (χ1v) is 7.39. The van der Waals surface area contributed by atoms with Crippen LogP contribution in [0.15, 0.2) is 30.3 Å². The van der Waals surface area contributed by atoms with E-state index in [0.29, 0.717) is 19.3 Å². The Morgan fingerprint density at radius 3 is 2.63 bits per heavy atom. The van der Waals surface area contributed by atoms with Crippen LogP contribution in [0.25, 0.3) is 0 Å². The van der Waals surface area contributed by atoms with Crippen molar-refractivity contribution in [2.45, 2.75) is 50.9 Å². The Morgan fingerprint density at radius 1 is 1.16 bits per heavy atom. The Hall–Kier alpha value is -0.900. The van der Waals surface area contributed by atoms with Crippen LogP contribution in [0.4, 0.5) is 0 Å². The summed E-state index contributed by atoms with van der Waals surface area (Å²) in [5.41, 5.74) is 1.24. The predicted molar refractivity (Wildman–Crippen MR) is 77.0 cm³/mol. The largest absolute Gasteiger partial charge is 0.389 e. The van der Waals surface area contributed by atoms with E-state index in [1.807, 2.05) is 18.2 Å². The fourth-order valence-corrected chi connectivity index (χ4v) is 2.52. The van der Waals surface area contributed by atoms with E-state index in [1.54, 1.807) is 0 Å². The van der Waals surface area contributed by atoms with Crippen LogP contribution in [0.3, 0.4) is 0 Å². The van der Waals surface area contributed by atoms with Crippen LogP contribution in [0.5, 0.6) is 0 Å². The molecule has 0 aliphatic heterocycles. The third kappa shape index (κ3) is 5.72. The fraction of sp³-hybridized carbons (Fsp3) is 0.625. The second-order valence-electron chi connectivity index (χ2n) is 5.36. The molecule has 0 heterocycles. The average molecular weight is 263 g/mol. The molecule has 1 atom stereocenters. The highest BCUT2D eigenvalue weighted by atomic mass is 16.5. The second kappa shape index (κ2) is 8.31. The van der Waals surface area contributed by atoms with Crippen molar-refractivity contribution in [2.24, 2.45) is 0 Å². The molecule has 0 amide bonds. The first-order chi connectivity index (χ1) is 9.34. The van der Waals surface area contributed by atoms with E-state index in [4.69, 9.17) is 4.74 Å². The molecule has 2 N–H and O–H groups in total. The zero-order valence-corrected chi connectivity index (χ0v) is 11.6. The smallest absolute Gasteiger partial charge is 0.0897 e. The van der Waals surface area contributed by atoms with Crippen LogP contribution in [0.1, 0.15) is 37.7 Å². The van der Waals surface area contributed by atoms with Crippen LogP contribution in [-0.4, -0.2) is 30.5 Å². The minimum Gasteiger partial charge on any atom is -0.389 e. The van der Waals surface area contributed by atoms with Gasteiger partial charge in [-0.2, -0.15) is 0 Å². The third-order valence-corrected chi connectivity index (χ3v) is 3.63. The van der Waals surface area contributed by atoms with Crippen LogP contribution >= 0.6 is 0 Å². The number of ether oxygens (including phenoxy) is 1. The highest BCUT2D eigenvalue weighted by Gasteiger charge is 2.15. The number of hydrogen-bond acceptors (Lipinski definition) is 3. The summed E-state index contributed by atoms with van der Waals surface area (Å²) in [4.78, 5) is 0. The summed E-state index contributed by atoms with van der Waals surface area (Å²) in [5, 5.41) is 13.1. The summed E-state index contributed by atoms with van der Waals surface area (Å²) >= 11 is 0. The minimum absolute atomic E-state index is 0.373. The van der Waals surface area contributed by atoms with Gasteiger partial charge in [-0.15, -0.1) is 0 Å². The third-order valence-electron chi connectivity index (χ3n) is 3.63. The van der Waals surface area contributed by atoms with E-state index in [1.165, 1.54) is 24.8 Å². The lowest BCUT2D eigenvalue weighted by molar-refractivity contribution is -0.0230. The molecule has 0 spiro atoms. The molecule has 0 aromatic heterocycles. The standard InChI is InChI=1S/C16H25NO2/c18-15(13-19-16-9-5-2-6-10-16)12-17-11-14-7-3-1-4-8-14/h1,3-4,7-8,15-18H,2,5-6,9-13H2. The SMILES string of the molecule is OC(CNCc1ccccc1)COC1CCCCC1. The molecule has 3 nitrogen and oxygen atoms in total. The van der Waals surface area contributed by atoms with Gasteiger partial charge in [0, 0.05) is 13.1 Å². The van der Waals surface area contributed by atoms with Gasteiger partial charge >= 0.3 is 0 Å². The van der Waals surface area contributed by atoms with Crippen molar-refractivity contribution in [3.8, 4) is 0 Å². The molecule has 1 aliphatic rings. The summed E-state index contributed by atoms with van der Waals surface area (Å²) in [6.45, 7) is 1.83. The van der Waals surface area contributed by atoms with E-state index < -0.39 is 6.10 Å². The van der Waals surface area contributed by atoms with E-state index in [0.717, 1.165) is 19.4 Å². The lowest BCUT2D eigenvalue weighted by atomic mass is 9.98. The zero-order chi connectivity index (χ0) is 13.3. The first-order valence-electron chi connectivity index (χ1n) is 7.39. The Kier molecular flexibility index (Phi) is 6.34. The van der Waals surface area contributed by atoms with Crippen molar-refractivity contribution in [2.75, 3.05) is 13.2 Å². The molecule has 1 fully saturated rings. The lowest BCUT2D eigenvalue weighted by Crippen LogP contribution is -2.32. The number of hydrogen-bond donors (Lipinski definition) is 2. The van der Waals surface area contributed by atoms with Gasteiger partial charge in [-0.25, -0.2) is 0 Å². The molecular formula is C16H25NO2. The number of nitrogens with one attached hydrogen (secondary N) is 1. The molecule has 1 saturated carbocycles. The van der Waals surface area contributed by atoms with Crippen LogP contribution in [0, 0.1) is 0 Å². The summed E-state index contributed by atoms with van der Waals surface area (Å²) in [5.74, 6) is 0. The maximum atomic E-state index is 9.87. The quantitative estimate of drug-likeness (QED) is 0.794. The van der Waals surface area contributed by atoms with Crippen LogP contribution in [-0.2, 0) is 11.3 Å². The molecule has 0 radical (unpaired) electrons. The summed E-state index contributed by atoms with van der Waals surface area (Å²) < 4.78 is 5.76. The van der Waals surface area contributed by atoms with Crippen molar-refractivity contribution in [1.29, 1.82) is 0 Å².